The molecule has 2 aromatic rings. The van der Waals surface area contributed by atoms with E-state index in [2.05, 4.69) is 17.6 Å². The first-order chi connectivity index (χ1) is 12.8. The highest BCUT2D eigenvalue weighted by atomic mass is 32.2. The molecule has 0 amide bonds. The third kappa shape index (κ3) is 5.41. The second-order valence-electron chi connectivity index (χ2n) is 6.02. The predicted octanol–water partition coefficient (Wildman–Crippen LogP) is 3.71. The number of hydrogen-bond acceptors (Lipinski definition) is 4. The van der Waals surface area contributed by atoms with Crippen LogP contribution in [0, 0.1) is 0 Å². The lowest BCUT2D eigenvalue weighted by molar-refractivity contribution is 0.330. The standard InChI is InChI=1S/C19H25N3O3S2/c1-5-14-8-7-9-15(12-14)20-19(26)21-16-10-11-17(25-6-2)18(13-16)27(23,24)22(3)4/h7-13H,5-6H2,1-4H3,(H2,20,21,26). The van der Waals surface area contributed by atoms with Gasteiger partial charge in [0.05, 0.1) is 6.61 Å². The monoisotopic (exact) mass is 407 g/mol. The van der Waals surface area contributed by atoms with Gasteiger partial charge >= 0.3 is 0 Å². The maximum absolute atomic E-state index is 12.6. The predicted molar refractivity (Wildman–Crippen MR) is 114 cm³/mol. The van der Waals surface area contributed by atoms with Gasteiger partial charge in [0.1, 0.15) is 10.6 Å². The van der Waals surface area contributed by atoms with Gasteiger partial charge in [-0.2, -0.15) is 0 Å². The van der Waals surface area contributed by atoms with Crippen molar-refractivity contribution in [3.05, 3.63) is 48.0 Å². The number of thiocarbonyl (C=S) groups is 1. The van der Waals surface area contributed by atoms with Crippen LogP contribution >= 0.6 is 12.2 Å². The number of sulfonamides is 1. The molecule has 0 saturated carbocycles. The molecule has 0 unspecified atom stereocenters. The van der Waals surface area contributed by atoms with Crippen LogP contribution in [0.1, 0.15) is 19.4 Å². The van der Waals surface area contributed by atoms with E-state index in [9.17, 15) is 8.42 Å². The van der Waals surface area contributed by atoms with Crippen molar-refractivity contribution in [1.29, 1.82) is 0 Å². The molecule has 27 heavy (non-hydrogen) atoms. The fraction of sp³-hybridized carbons (Fsp3) is 0.316. The molecule has 2 rings (SSSR count). The van der Waals surface area contributed by atoms with Crippen molar-refractivity contribution < 1.29 is 13.2 Å². The molecule has 0 fully saturated rings. The minimum absolute atomic E-state index is 0.0927. The Bertz CT molecular complexity index is 912. The van der Waals surface area contributed by atoms with Crippen LogP contribution in [0.4, 0.5) is 11.4 Å². The number of aryl methyl sites for hydroxylation is 1. The van der Waals surface area contributed by atoms with E-state index in [-0.39, 0.29) is 4.90 Å². The van der Waals surface area contributed by atoms with Crippen LogP contribution < -0.4 is 15.4 Å². The number of anilines is 2. The first-order valence-electron chi connectivity index (χ1n) is 8.64. The van der Waals surface area contributed by atoms with Crippen molar-refractivity contribution in [2.75, 3.05) is 31.3 Å². The van der Waals surface area contributed by atoms with E-state index in [0.29, 0.717) is 23.2 Å². The molecular formula is C19H25N3O3S2. The van der Waals surface area contributed by atoms with E-state index < -0.39 is 10.0 Å². The van der Waals surface area contributed by atoms with E-state index in [1.54, 1.807) is 12.1 Å². The molecule has 0 spiro atoms. The molecule has 0 aliphatic rings. The largest absolute Gasteiger partial charge is 0.492 e. The summed E-state index contributed by atoms with van der Waals surface area (Å²) in [6.45, 7) is 4.26. The first kappa shape index (κ1) is 21.1. The maximum atomic E-state index is 12.6. The molecule has 0 aliphatic carbocycles. The van der Waals surface area contributed by atoms with Gasteiger partial charge in [-0.1, -0.05) is 19.1 Å². The molecule has 0 heterocycles. The number of nitrogens with zero attached hydrogens (tertiary/aromatic N) is 1. The van der Waals surface area contributed by atoms with Crippen molar-refractivity contribution in [2.45, 2.75) is 25.2 Å². The van der Waals surface area contributed by atoms with Crippen molar-refractivity contribution in [2.24, 2.45) is 0 Å². The average Bonchev–Trinajstić information content (AvgIpc) is 2.63. The Morgan fingerprint density at radius 2 is 1.74 bits per heavy atom. The van der Waals surface area contributed by atoms with Crippen LogP contribution in [0.25, 0.3) is 0 Å². The Hall–Kier alpha value is -2.16. The Kier molecular flexibility index (Phi) is 7.18. The second kappa shape index (κ2) is 9.16. The summed E-state index contributed by atoms with van der Waals surface area (Å²) in [5, 5.41) is 6.52. The molecule has 2 aromatic carbocycles. The molecule has 0 atom stereocenters. The van der Waals surface area contributed by atoms with E-state index >= 15 is 0 Å². The number of hydrogen-bond donors (Lipinski definition) is 2. The van der Waals surface area contributed by atoms with Crippen LogP contribution in [0.2, 0.25) is 0 Å². The summed E-state index contributed by atoms with van der Waals surface area (Å²) in [4.78, 5) is 0.0927. The number of nitrogens with one attached hydrogen (secondary N) is 2. The van der Waals surface area contributed by atoms with Gasteiger partial charge in [0.25, 0.3) is 0 Å². The van der Waals surface area contributed by atoms with Crippen molar-refractivity contribution in [3.8, 4) is 5.75 Å². The zero-order valence-corrected chi connectivity index (χ0v) is 17.6. The highest BCUT2D eigenvalue weighted by molar-refractivity contribution is 7.89. The lowest BCUT2D eigenvalue weighted by Crippen LogP contribution is -2.24. The number of rotatable bonds is 7. The van der Waals surface area contributed by atoms with Gasteiger partial charge in [-0.3, -0.25) is 0 Å². The molecule has 6 nitrogen and oxygen atoms in total. The molecule has 8 heteroatoms. The molecule has 0 bridgehead atoms. The topological polar surface area (TPSA) is 70.7 Å². The highest BCUT2D eigenvalue weighted by Gasteiger charge is 2.23. The Morgan fingerprint density at radius 3 is 2.33 bits per heavy atom. The summed E-state index contributed by atoms with van der Waals surface area (Å²) < 4.78 is 31.8. The second-order valence-corrected chi connectivity index (χ2v) is 8.54. The zero-order valence-electron chi connectivity index (χ0n) is 15.9. The fourth-order valence-corrected chi connectivity index (χ4v) is 3.71. The third-order valence-electron chi connectivity index (χ3n) is 3.85. The van der Waals surface area contributed by atoms with Crippen molar-refractivity contribution in [3.63, 3.8) is 0 Å². The Balaban J connectivity index is 2.24. The third-order valence-corrected chi connectivity index (χ3v) is 5.89. The van der Waals surface area contributed by atoms with Gasteiger partial charge in [-0.05, 0) is 61.5 Å². The normalized spacial score (nSPS) is 11.3. The summed E-state index contributed by atoms with van der Waals surface area (Å²) in [7, 11) is -0.683. The smallest absolute Gasteiger partial charge is 0.246 e. The van der Waals surface area contributed by atoms with Crippen LogP contribution in [-0.4, -0.2) is 38.5 Å². The van der Waals surface area contributed by atoms with Crippen LogP contribution in [-0.2, 0) is 16.4 Å². The molecule has 0 aromatic heterocycles. The van der Waals surface area contributed by atoms with Crippen LogP contribution in [0.3, 0.4) is 0 Å². The lowest BCUT2D eigenvalue weighted by Gasteiger charge is -2.17. The zero-order chi connectivity index (χ0) is 20.0. The van der Waals surface area contributed by atoms with Crippen LogP contribution in [0.5, 0.6) is 5.75 Å². The number of benzene rings is 2. The van der Waals surface area contributed by atoms with Gasteiger partial charge in [0.2, 0.25) is 10.0 Å². The lowest BCUT2D eigenvalue weighted by atomic mass is 10.1. The summed E-state index contributed by atoms with van der Waals surface area (Å²) >= 11 is 5.36. The van der Waals surface area contributed by atoms with Crippen molar-refractivity contribution >= 4 is 38.7 Å². The summed E-state index contributed by atoms with van der Waals surface area (Å²) in [6, 6.07) is 12.8. The van der Waals surface area contributed by atoms with Gasteiger partial charge in [-0.25, -0.2) is 12.7 Å². The van der Waals surface area contributed by atoms with Gasteiger partial charge in [-0.15, -0.1) is 0 Å². The minimum atomic E-state index is -3.65. The van der Waals surface area contributed by atoms with E-state index in [4.69, 9.17) is 17.0 Å². The SMILES string of the molecule is CCOc1ccc(NC(=S)Nc2cccc(CC)c2)cc1S(=O)(=O)N(C)C. The quantitative estimate of drug-likeness (QED) is 0.682. The maximum Gasteiger partial charge on any atom is 0.246 e. The summed E-state index contributed by atoms with van der Waals surface area (Å²) in [5.41, 5.74) is 2.63. The molecular weight excluding hydrogens is 382 g/mol. The molecule has 0 radical (unpaired) electrons. The highest BCUT2D eigenvalue weighted by Crippen LogP contribution is 2.29. The van der Waals surface area contributed by atoms with Gasteiger partial charge < -0.3 is 15.4 Å². The molecule has 0 saturated heterocycles. The van der Waals surface area contributed by atoms with E-state index in [1.165, 1.54) is 25.7 Å². The van der Waals surface area contributed by atoms with Crippen LogP contribution in [0.15, 0.2) is 47.4 Å². The van der Waals surface area contributed by atoms with Crippen molar-refractivity contribution in [1.82, 2.24) is 4.31 Å². The molecule has 146 valence electrons. The van der Waals surface area contributed by atoms with Gasteiger partial charge in [0, 0.05) is 25.5 Å². The van der Waals surface area contributed by atoms with E-state index in [0.717, 1.165) is 16.4 Å². The molecule has 2 N–H and O–H groups in total. The summed E-state index contributed by atoms with van der Waals surface area (Å²) in [5.74, 6) is 0.311. The van der Waals surface area contributed by atoms with E-state index in [1.807, 2.05) is 31.2 Å². The Labute approximate surface area is 166 Å². The molecule has 0 aliphatic heterocycles. The first-order valence-corrected chi connectivity index (χ1v) is 10.5. The number of ether oxygens (including phenoxy) is 1. The Morgan fingerprint density at radius 1 is 1.07 bits per heavy atom. The minimum Gasteiger partial charge on any atom is -0.492 e. The van der Waals surface area contributed by atoms with Gasteiger partial charge in [0.15, 0.2) is 5.11 Å². The summed E-state index contributed by atoms with van der Waals surface area (Å²) in [6.07, 6.45) is 0.931. The fourth-order valence-electron chi connectivity index (χ4n) is 2.42. The average molecular weight is 408 g/mol.